The van der Waals surface area contributed by atoms with Crippen molar-refractivity contribution in [3.8, 4) is 0 Å². The lowest BCUT2D eigenvalue weighted by Crippen LogP contribution is -2.47. The molecule has 140 valence electrons. The van der Waals surface area contributed by atoms with Crippen LogP contribution >= 0.6 is 11.6 Å². The smallest absolute Gasteiger partial charge is 0.253 e. The third kappa shape index (κ3) is 4.92. The molecule has 9 heteroatoms. The largest absolute Gasteiger partial charge is 0.383 e. The summed E-state index contributed by atoms with van der Waals surface area (Å²) in [5, 5.41) is 2.95. The zero-order valence-electron chi connectivity index (χ0n) is 14.7. The van der Waals surface area contributed by atoms with Gasteiger partial charge in [-0.25, -0.2) is 8.42 Å². The van der Waals surface area contributed by atoms with Gasteiger partial charge in [0.1, 0.15) is 0 Å². The van der Waals surface area contributed by atoms with E-state index in [0.717, 1.165) is 0 Å². The van der Waals surface area contributed by atoms with Crippen molar-refractivity contribution in [2.45, 2.75) is 17.9 Å². The van der Waals surface area contributed by atoms with E-state index in [9.17, 15) is 13.2 Å². The Morgan fingerprint density at radius 1 is 1.32 bits per heavy atom. The number of hydrogen-bond acceptors (Lipinski definition) is 5. The van der Waals surface area contributed by atoms with Crippen molar-refractivity contribution in [2.24, 2.45) is 0 Å². The van der Waals surface area contributed by atoms with E-state index in [1.807, 2.05) is 7.05 Å². The highest BCUT2D eigenvalue weighted by Crippen LogP contribution is 2.24. The lowest BCUT2D eigenvalue weighted by Gasteiger charge is -2.31. The van der Waals surface area contributed by atoms with Gasteiger partial charge in [0.25, 0.3) is 5.91 Å². The summed E-state index contributed by atoms with van der Waals surface area (Å²) in [6, 6.07) is 4.00. The number of piperazine rings is 1. The van der Waals surface area contributed by atoms with Crippen LogP contribution < -0.4 is 5.32 Å². The molecule has 0 aliphatic carbocycles. The lowest BCUT2D eigenvalue weighted by atomic mass is 10.2. The van der Waals surface area contributed by atoms with Crippen molar-refractivity contribution in [1.82, 2.24) is 14.5 Å². The molecule has 25 heavy (non-hydrogen) atoms. The van der Waals surface area contributed by atoms with Crippen LogP contribution in [0.3, 0.4) is 0 Å². The van der Waals surface area contributed by atoms with Crippen molar-refractivity contribution >= 4 is 27.5 Å². The molecule has 7 nitrogen and oxygen atoms in total. The molecule has 1 N–H and O–H groups in total. The standard InChI is InChI=1S/C16H24ClN3O4S/c1-12(11-24-3)18-16(21)14-10-13(4-5-15(14)17)25(22,23)20-8-6-19(2)7-9-20/h4-5,10,12H,6-9,11H2,1-3H3,(H,18,21)/t12-/m0/s1. The van der Waals surface area contributed by atoms with Crippen LogP contribution in [0.25, 0.3) is 0 Å². The average molecular weight is 390 g/mol. The van der Waals surface area contributed by atoms with Gasteiger partial charge in [-0.1, -0.05) is 11.6 Å². The third-order valence-corrected chi connectivity index (χ3v) is 6.30. The minimum atomic E-state index is -3.65. The monoisotopic (exact) mass is 389 g/mol. The van der Waals surface area contributed by atoms with Gasteiger partial charge in [0.15, 0.2) is 0 Å². The fraction of sp³-hybridized carbons (Fsp3) is 0.562. The number of methoxy groups -OCH3 is 1. The Hall–Kier alpha value is -1.19. The molecule has 1 fully saturated rings. The van der Waals surface area contributed by atoms with Gasteiger partial charge in [0.2, 0.25) is 10.0 Å². The van der Waals surface area contributed by atoms with E-state index in [-0.39, 0.29) is 21.5 Å². The van der Waals surface area contributed by atoms with E-state index in [0.29, 0.717) is 32.8 Å². The molecule has 1 saturated heterocycles. The summed E-state index contributed by atoms with van der Waals surface area (Å²) in [6.45, 7) is 4.34. The van der Waals surface area contributed by atoms with Gasteiger partial charge in [0, 0.05) is 39.3 Å². The minimum Gasteiger partial charge on any atom is -0.383 e. The van der Waals surface area contributed by atoms with Crippen LogP contribution in [0.4, 0.5) is 0 Å². The maximum Gasteiger partial charge on any atom is 0.253 e. The van der Waals surface area contributed by atoms with Gasteiger partial charge >= 0.3 is 0 Å². The van der Waals surface area contributed by atoms with E-state index < -0.39 is 15.9 Å². The van der Waals surface area contributed by atoms with Crippen molar-refractivity contribution in [1.29, 1.82) is 0 Å². The maximum absolute atomic E-state index is 12.8. The van der Waals surface area contributed by atoms with Gasteiger partial charge < -0.3 is 15.0 Å². The molecule has 1 aromatic rings. The predicted molar refractivity (Wildman–Crippen MR) is 96.5 cm³/mol. The van der Waals surface area contributed by atoms with Crippen LogP contribution in [-0.4, -0.2) is 76.5 Å². The number of nitrogens with zero attached hydrogens (tertiary/aromatic N) is 2. The highest BCUT2D eigenvalue weighted by molar-refractivity contribution is 7.89. The summed E-state index contributed by atoms with van der Waals surface area (Å²) in [7, 11) is -0.159. The minimum absolute atomic E-state index is 0.0750. The number of benzene rings is 1. The summed E-state index contributed by atoms with van der Waals surface area (Å²) in [4.78, 5) is 14.5. The zero-order chi connectivity index (χ0) is 18.6. The summed E-state index contributed by atoms with van der Waals surface area (Å²) in [6.07, 6.45) is 0. The molecule has 0 bridgehead atoms. The van der Waals surface area contributed by atoms with E-state index in [1.165, 1.54) is 22.5 Å². The molecule has 1 aliphatic rings. The molecule has 1 aromatic carbocycles. The Labute approximate surface area is 153 Å². The molecule has 1 atom stereocenters. The van der Waals surface area contributed by atoms with Gasteiger partial charge in [-0.3, -0.25) is 4.79 Å². The van der Waals surface area contributed by atoms with Crippen LogP contribution in [0.5, 0.6) is 0 Å². The first-order chi connectivity index (χ1) is 11.8. The normalized spacial score (nSPS) is 18.1. The number of carbonyl (C=O) groups excluding carboxylic acids is 1. The third-order valence-electron chi connectivity index (χ3n) is 4.08. The molecule has 1 aliphatic heterocycles. The van der Waals surface area contributed by atoms with Gasteiger partial charge in [-0.05, 0) is 32.2 Å². The molecule has 0 unspecified atom stereocenters. The van der Waals surface area contributed by atoms with E-state index in [2.05, 4.69) is 10.2 Å². The first-order valence-corrected chi connectivity index (χ1v) is 9.85. The Morgan fingerprint density at radius 3 is 2.56 bits per heavy atom. The number of carbonyl (C=O) groups is 1. The number of hydrogen-bond donors (Lipinski definition) is 1. The highest BCUT2D eigenvalue weighted by atomic mass is 35.5. The Morgan fingerprint density at radius 2 is 1.96 bits per heavy atom. The number of sulfonamides is 1. The fourth-order valence-electron chi connectivity index (χ4n) is 2.61. The summed E-state index contributed by atoms with van der Waals surface area (Å²) in [5.74, 6) is -0.426. The van der Waals surface area contributed by atoms with Crippen molar-refractivity contribution < 1.29 is 17.9 Å². The Balaban J connectivity index is 2.24. The molecule has 0 saturated carbocycles. The summed E-state index contributed by atoms with van der Waals surface area (Å²) < 4.78 is 32.1. The van der Waals surface area contributed by atoms with Crippen LogP contribution in [0.1, 0.15) is 17.3 Å². The van der Waals surface area contributed by atoms with E-state index >= 15 is 0 Å². The molecule has 1 amide bonds. The van der Waals surface area contributed by atoms with Crippen LogP contribution in [-0.2, 0) is 14.8 Å². The van der Waals surface area contributed by atoms with Crippen LogP contribution in [0.2, 0.25) is 5.02 Å². The number of ether oxygens (including phenoxy) is 1. The Bertz CT molecular complexity index is 718. The lowest BCUT2D eigenvalue weighted by molar-refractivity contribution is 0.0905. The second kappa shape index (κ2) is 8.46. The Kier molecular flexibility index (Phi) is 6.81. The molecule has 0 radical (unpaired) electrons. The number of rotatable bonds is 6. The van der Waals surface area contributed by atoms with Gasteiger partial charge in [0.05, 0.1) is 22.1 Å². The van der Waals surface area contributed by atoms with Crippen molar-refractivity contribution in [3.63, 3.8) is 0 Å². The first kappa shape index (κ1) is 20.1. The van der Waals surface area contributed by atoms with Crippen LogP contribution in [0.15, 0.2) is 23.1 Å². The van der Waals surface area contributed by atoms with E-state index in [4.69, 9.17) is 16.3 Å². The SMILES string of the molecule is COC[C@H](C)NC(=O)c1cc(S(=O)(=O)N2CCN(C)CC2)ccc1Cl. The maximum atomic E-state index is 12.8. The second-order valence-corrected chi connectivity index (χ2v) is 8.52. The first-order valence-electron chi connectivity index (χ1n) is 8.03. The quantitative estimate of drug-likeness (QED) is 0.786. The highest BCUT2D eigenvalue weighted by Gasteiger charge is 2.28. The molecule has 0 spiro atoms. The zero-order valence-corrected chi connectivity index (χ0v) is 16.2. The van der Waals surface area contributed by atoms with Crippen molar-refractivity contribution in [2.75, 3.05) is 46.9 Å². The molecular formula is C16H24ClN3O4S. The number of nitrogens with one attached hydrogen (secondary N) is 1. The molecule has 0 aromatic heterocycles. The average Bonchev–Trinajstić information content (AvgIpc) is 2.55. The number of halogens is 1. The predicted octanol–water partition coefficient (Wildman–Crippen LogP) is 1.04. The number of likely N-dealkylation sites (N-methyl/N-ethyl adjacent to an activating group) is 1. The molecule has 1 heterocycles. The van der Waals surface area contributed by atoms with E-state index in [1.54, 1.807) is 14.0 Å². The van der Waals surface area contributed by atoms with Crippen molar-refractivity contribution in [3.05, 3.63) is 28.8 Å². The molecular weight excluding hydrogens is 366 g/mol. The summed E-state index contributed by atoms with van der Waals surface area (Å²) in [5.41, 5.74) is 0.139. The summed E-state index contributed by atoms with van der Waals surface area (Å²) >= 11 is 6.10. The fourth-order valence-corrected chi connectivity index (χ4v) is 4.26. The molecule has 2 rings (SSSR count). The number of amides is 1. The topological polar surface area (TPSA) is 78.9 Å². The second-order valence-electron chi connectivity index (χ2n) is 6.18. The van der Waals surface area contributed by atoms with Crippen LogP contribution in [0, 0.1) is 0 Å². The van der Waals surface area contributed by atoms with Gasteiger partial charge in [-0.15, -0.1) is 0 Å². The van der Waals surface area contributed by atoms with Gasteiger partial charge in [-0.2, -0.15) is 4.31 Å².